The quantitative estimate of drug-likeness (QED) is 0.198. The van der Waals surface area contributed by atoms with Gasteiger partial charge in [-0.3, -0.25) is 10.1 Å². The second-order valence-corrected chi connectivity index (χ2v) is 10.3. The Morgan fingerprint density at radius 1 is 1.03 bits per heavy atom. The molecule has 0 spiro atoms. The molecule has 0 radical (unpaired) electrons. The lowest BCUT2D eigenvalue weighted by Gasteiger charge is -2.21. The first-order valence-electron chi connectivity index (χ1n) is 11.3. The minimum atomic E-state index is -0.402. The second-order valence-electron chi connectivity index (χ2n) is 8.56. The molecule has 1 aliphatic rings. The van der Waals surface area contributed by atoms with Gasteiger partial charge in [-0.1, -0.05) is 57.9 Å². The number of benzene rings is 3. The van der Waals surface area contributed by atoms with Gasteiger partial charge in [0.15, 0.2) is 0 Å². The molecule has 6 nitrogen and oxygen atoms in total. The third-order valence-electron chi connectivity index (χ3n) is 6.12. The van der Waals surface area contributed by atoms with E-state index in [1.165, 1.54) is 39.7 Å². The van der Waals surface area contributed by atoms with E-state index in [2.05, 4.69) is 41.9 Å². The van der Waals surface area contributed by atoms with E-state index in [1.807, 2.05) is 34.3 Å². The maximum absolute atomic E-state index is 11.6. The van der Waals surface area contributed by atoms with Crippen LogP contribution in [0, 0.1) is 24.0 Å². The Balaban J connectivity index is 1.77. The van der Waals surface area contributed by atoms with Gasteiger partial charge in [0.2, 0.25) is 4.80 Å². The van der Waals surface area contributed by atoms with E-state index in [-0.39, 0.29) is 5.69 Å². The molecule has 0 N–H and O–H groups in total. The minimum absolute atomic E-state index is 0.0307. The lowest BCUT2D eigenvalue weighted by Crippen LogP contribution is -2.19. The number of hydrogen-bond donors (Lipinski definition) is 0. The van der Waals surface area contributed by atoms with E-state index in [4.69, 9.17) is 10.1 Å². The van der Waals surface area contributed by atoms with Crippen molar-refractivity contribution < 1.29 is 4.92 Å². The molecule has 4 aromatic rings. The summed E-state index contributed by atoms with van der Waals surface area (Å²) in [6.07, 6.45) is 2.93. The van der Waals surface area contributed by atoms with Crippen LogP contribution in [0.4, 0.5) is 11.4 Å². The SMILES string of the molecule is Cc1cc(C)c2c(c1)C(=Nn1c(-c3ccccc3Br)csc1=Nc1ccccc1[N+](=O)[O-])CCC2. The first-order valence-corrected chi connectivity index (χ1v) is 13.0. The van der Waals surface area contributed by atoms with Crippen molar-refractivity contribution in [1.29, 1.82) is 0 Å². The molecule has 176 valence electrons. The molecular formula is C27H23BrN4O2S. The summed E-state index contributed by atoms with van der Waals surface area (Å²) in [4.78, 5) is 16.5. The largest absolute Gasteiger partial charge is 0.294 e. The van der Waals surface area contributed by atoms with Gasteiger partial charge in [0.05, 0.1) is 16.3 Å². The van der Waals surface area contributed by atoms with Gasteiger partial charge in [-0.15, -0.1) is 11.3 Å². The molecule has 1 heterocycles. The van der Waals surface area contributed by atoms with Crippen LogP contribution in [0.25, 0.3) is 11.3 Å². The van der Waals surface area contributed by atoms with Gasteiger partial charge in [-0.2, -0.15) is 5.10 Å². The summed E-state index contributed by atoms with van der Waals surface area (Å²) in [6.45, 7) is 4.27. The Bertz CT molecular complexity index is 1550. The van der Waals surface area contributed by atoms with Gasteiger partial charge in [0.1, 0.15) is 5.69 Å². The van der Waals surface area contributed by atoms with Gasteiger partial charge in [-0.05, 0) is 62.4 Å². The van der Waals surface area contributed by atoms with E-state index in [0.717, 1.165) is 40.7 Å². The normalized spacial score (nSPS) is 14.8. The molecule has 8 heteroatoms. The Hall–Kier alpha value is -3.36. The molecule has 0 saturated heterocycles. The number of nitro groups is 1. The van der Waals surface area contributed by atoms with Crippen LogP contribution in [0.3, 0.4) is 0 Å². The third kappa shape index (κ3) is 4.63. The summed E-state index contributed by atoms with van der Waals surface area (Å²) in [6, 6.07) is 19.0. The smallest absolute Gasteiger partial charge is 0.258 e. The van der Waals surface area contributed by atoms with Crippen molar-refractivity contribution in [3.63, 3.8) is 0 Å². The van der Waals surface area contributed by atoms with Crippen molar-refractivity contribution in [2.75, 3.05) is 0 Å². The van der Waals surface area contributed by atoms with Crippen molar-refractivity contribution in [3.8, 4) is 11.3 Å². The van der Waals surface area contributed by atoms with E-state index in [9.17, 15) is 10.1 Å². The zero-order valence-corrected chi connectivity index (χ0v) is 21.8. The number of aromatic nitrogens is 1. The zero-order valence-electron chi connectivity index (χ0n) is 19.4. The van der Waals surface area contributed by atoms with Crippen LogP contribution in [-0.4, -0.2) is 15.3 Å². The van der Waals surface area contributed by atoms with E-state index < -0.39 is 4.92 Å². The van der Waals surface area contributed by atoms with E-state index >= 15 is 0 Å². The first-order chi connectivity index (χ1) is 16.9. The average Bonchev–Trinajstić information content (AvgIpc) is 3.22. The number of aryl methyl sites for hydroxylation is 2. The van der Waals surface area contributed by atoms with Crippen LogP contribution in [0.2, 0.25) is 0 Å². The van der Waals surface area contributed by atoms with Gasteiger partial charge in [0.25, 0.3) is 5.69 Å². The fourth-order valence-electron chi connectivity index (χ4n) is 4.52. The number of nitro benzene ring substituents is 1. The summed E-state index contributed by atoms with van der Waals surface area (Å²) >= 11 is 5.08. The number of rotatable bonds is 4. The topological polar surface area (TPSA) is 72.8 Å². The van der Waals surface area contributed by atoms with Gasteiger partial charge in [-0.25, -0.2) is 9.67 Å². The van der Waals surface area contributed by atoms with Crippen molar-refractivity contribution in [3.05, 3.63) is 108 Å². The van der Waals surface area contributed by atoms with Crippen molar-refractivity contribution in [1.82, 2.24) is 4.68 Å². The summed E-state index contributed by atoms with van der Waals surface area (Å²) in [7, 11) is 0. The molecule has 0 fully saturated rings. The fraction of sp³-hybridized carbons (Fsp3) is 0.185. The number of para-hydroxylation sites is 2. The average molecular weight is 547 g/mol. The summed E-state index contributed by atoms with van der Waals surface area (Å²) in [5.41, 5.74) is 8.17. The molecule has 0 atom stereocenters. The fourth-order valence-corrected chi connectivity index (χ4v) is 5.84. The van der Waals surface area contributed by atoms with Gasteiger partial charge >= 0.3 is 0 Å². The van der Waals surface area contributed by atoms with Gasteiger partial charge in [0, 0.05) is 27.0 Å². The van der Waals surface area contributed by atoms with Crippen LogP contribution >= 0.6 is 27.3 Å². The molecule has 0 aliphatic heterocycles. The van der Waals surface area contributed by atoms with Crippen molar-refractivity contribution in [2.24, 2.45) is 10.1 Å². The predicted octanol–water partition coefficient (Wildman–Crippen LogP) is 7.33. The van der Waals surface area contributed by atoms with Crippen LogP contribution in [0.15, 0.2) is 80.6 Å². The number of thiazole rings is 1. The number of fused-ring (bicyclic) bond motifs is 1. The van der Waals surface area contributed by atoms with Crippen molar-refractivity contribution in [2.45, 2.75) is 33.1 Å². The molecule has 0 unspecified atom stereocenters. The monoisotopic (exact) mass is 546 g/mol. The molecular weight excluding hydrogens is 524 g/mol. The zero-order chi connectivity index (χ0) is 24.5. The van der Waals surface area contributed by atoms with Crippen LogP contribution in [-0.2, 0) is 6.42 Å². The molecule has 1 aliphatic carbocycles. The highest BCUT2D eigenvalue weighted by Gasteiger charge is 2.20. The van der Waals surface area contributed by atoms with E-state index in [1.54, 1.807) is 18.2 Å². The lowest BCUT2D eigenvalue weighted by atomic mass is 9.86. The number of nitrogens with zero attached hydrogens (tertiary/aromatic N) is 4. The molecule has 0 bridgehead atoms. The minimum Gasteiger partial charge on any atom is -0.258 e. The second kappa shape index (κ2) is 9.71. The number of halogens is 1. The predicted molar refractivity (Wildman–Crippen MR) is 145 cm³/mol. The maximum atomic E-state index is 11.6. The van der Waals surface area contributed by atoms with E-state index in [0.29, 0.717) is 10.5 Å². The molecule has 0 amide bonds. The lowest BCUT2D eigenvalue weighted by molar-refractivity contribution is -0.384. The highest BCUT2D eigenvalue weighted by molar-refractivity contribution is 9.10. The highest BCUT2D eigenvalue weighted by atomic mass is 79.9. The molecule has 1 aromatic heterocycles. The molecule has 35 heavy (non-hydrogen) atoms. The third-order valence-corrected chi connectivity index (χ3v) is 7.63. The number of hydrogen-bond acceptors (Lipinski definition) is 5. The Morgan fingerprint density at radius 3 is 2.60 bits per heavy atom. The molecule has 5 rings (SSSR count). The summed E-state index contributed by atoms with van der Waals surface area (Å²) < 4.78 is 2.78. The van der Waals surface area contributed by atoms with Crippen LogP contribution in [0.1, 0.15) is 35.1 Å². The molecule has 0 saturated carbocycles. The van der Waals surface area contributed by atoms with Crippen LogP contribution in [0.5, 0.6) is 0 Å². The first kappa shape index (κ1) is 23.4. The van der Waals surface area contributed by atoms with Crippen molar-refractivity contribution >= 4 is 44.4 Å². The van der Waals surface area contributed by atoms with Crippen LogP contribution < -0.4 is 4.80 Å². The Labute approximate surface area is 215 Å². The van der Waals surface area contributed by atoms with Gasteiger partial charge < -0.3 is 0 Å². The summed E-state index contributed by atoms with van der Waals surface area (Å²) in [5.74, 6) is 0. The highest BCUT2D eigenvalue weighted by Crippen LogP contribution is 2.31. The Morgan fingerprint density at radius 2 is 1.80 bits per heavy atom. The summed E-state index contributed by atoms with van der Waals surface area (Å²) in [5, 5.41) is 18.7. The standard InChI is InChI=1S/C27H23BrN4O2S/c1-17-14-18(2)19-9-7-12-23(21(19)15-17)30-31-26(20-8-3-4-10-22(20)28)16-35-27(31)29-24-11-5-6-13-25(24)32(33)34/h3-6,8,10-11,13-16H,7,9,12H2,1-2H3. The maximum Gasteiger partial charge on any atom is 0.294 e. The molecule has 3 aromatic carbocycles. The Kier molecular flexibility index (Phi) is 6.49.